The van der Waals surface area contributed by atoms with Crippen LogP contribution >= 0.6 is 0 Å². The SMILES string of the molecule is CC(C)(C)C1=NCc2cc(C(C)(C)C)[nH]c(=O)c21. The number of hydrogen-bond donors (Lipinski definition) is 1. The van der Waals surface area contributed by atoms with Crippen molar-refractivity contribution in [2.45, 2.75) is 53.5 Å². The Morgan fingerprint density at radius 2 is 1.72 bits per heavy atom. The number of aromatic amines is 1. The molecule has 1 aromatic heterocycles. The number of nitrogens with zero attached hydrogens (tertiary/aromatic N) is 1. The number of rotatable bonds is 0. The number of H-pyrrole nitrogens is 1. The third kappa shape index (κ3) is 2.14. The molecule has 0 bridgehead atoms. The molecule has 0 saturated carbocycles. The lowest BCUT2D eigenvalue weighted by Crippen LogP contribution is -2.29. The summed E-state index contributed by atoms with van der Waals surface area (Å²) in [4.78, 5) is 19.9. The van der Waals surface area contributed by atoms with E-state index in [9.17, 15) is 4.79 Å². The first kappa shape index (κ1) is 13.1. The lowest BCUT2D eigenvalue weighted by atomic mass is 9.84. The molecule has 1 N–H and O–H groups in total. The van der Waals surface area contributed by atoms with E-state index in [4.69, 9.17) is 0 Å². The van der Waals surface area contributed by atoms with Crippen molar-refractivity contribution >= 4 is 5.71 Å². The van der Waals surface area contributed by atoms with Gasteiger partial charge in [-0.1, -0.05) is 41.5 Å². The fourth-order valence-corrected chi connectivity index (χ4v) is 2.26. The topological polar surface area (TPSA) is 45.2 Å². The van der Waals surface area contributed by atoms with Crippen molar-refractivity contribution in [3.05, 3.63) is 33.2 Å². The van der Waals surface area contributed by atoms with E-state index in [1.807, 2.05) is 0 Å². The Kier molecular flexibility index (Phi) is 2.76. The summed E-state index contributed by atoms with van der Waals surface area (Å²) in [7, 11) is 0. The van der Waals surface area contributed by atoms with Gasteiger partial charge in [-0.3, -0.25) is 9.79 Å². The summed E-state index contributed by atoms with van der Waals surface area (Å²) in [5.74, 6) is 0. The normalized spacial score (nSPS) is 15.6. The molecule has 3 heteroatoms. The molecule has 0 atom stereocenters. The molecular formula is C15H22N2O. The smallest absolute Gasteiger partial charge is 0.257 e. The average Bonchev–Trinajstić information content (AvgIpc) is 2.59. The lowest BCUT2D eigenvalue weighted by molar-refractivity contribution is 0.565. The van der Waals surface area contributed by atoms with Gasteiger partial charge in [0.2, 0.25) is 0 Å². The van der Waals surface area contributed by atoms with Gasteiger partial charge in [-0.15, -0.1) is 0 Å². The first-order valence-corrected chi connectivity index (χ1v) is 6.42. The lowest BCUT2D eigenvalue weighted by Gasteiger charge is -2.21. The van der Waals surface area contributed by atoms with E-state index in [0.717, 1.165) is 22.5 Å². The van der Waals surface area contributed by atoms with Gasteiger partial charge < -0.3 is 4.98 Å². The molecule has 98 valence electrons. The van der Waals surface area contributed by atoms with Crippen LogP contribution in [-0.2, 0) is 12.0 Å². The van der Waals surface area contributed by atoms with Crippen molar-refractivity contribution in [1.82, 2.24) is 4.98 Å². The Bertz CT molecular complexity index is 566. The first-order valence-electron chi connectivity index (χ1n) is 6.42. The zero-order valence-corrected chi connectivity index (χ0v) is 12.1. The Labute approximate surface area is 108 Å². The number of aromatic nitrogens is 1. The van der Waals surface area contributed by atoms with Crippen molar-refractivity contribution in [2.75, 3.05) is 0 Å². The highest BCUT2D eigenvalue weighted by atomic mass is 16.1. The van der Waals surface area contributed by atoms with Gasteiger partial charge in [0.05, 0.1) is 17.8 Å². The van der Waals surface area contributed by atoms with Crippen LogP contribution in [0.5, 0.6) is 0 Å². The monoisotopic (exact) mass is 246 g/mol. The van der Waals surface area contributed by atoms with Gasteiger partial charge in [0.15, 0.2) is 0 Å². The Morgan fingerprint density at radius 1 is 1.11 bits per heavy atom. The molecule has 2 heterocycles. The third-order valence-electron chi connectivity index (χ3n) is 3.28. The predicted octanol–water partition coefficient (Wildman–Crippen LogP) is 3.02. The summed E-state index contributed by atoms with van der Waals surface area (Å²) in [6, 6.07) is 2.10. The number of pyridine rings is 1. The van der Waals surface area contributed by atoms with E-state index in [1.165, 1.54) is 0 Å². The maximum atomic E-state index is 12.3. The maximum Gasteiger partial charge on any atom is 0.257 e. The van der Waals surface area contributed by atoms with Gasteiger partial charge in [-0.05, 0) is 11.6 Å². The summed E-state index contributed by atoms with van der Waals surface area (Å²) >= 11 is 0. The first-order chi connectivity index (χ1) is 8.10. The standard InChI is InChI=1S/C15H22N2O/c1-14(2,3)10-7-9-8-16-12(15(4,5)6)11(9)13(18)17-10/h7H,8H2,1-6H3,(H,17,18). The quantitative estimate of drug-likeness (QED) is 0.751. The largest absolute Gasteiger partial charge is 0.325 e. The molecule has 0 unspecified atom stereocenters. The molecule has 1 aliphatic rings. The molecular weight excluding hydrogens is 224 g/mol. The molecule has 0 aromatic carbocycles. The minimum Gasteiger partial charge on any atom is -0.325 e. The van der Waals surface area contributed by atoms with Crippen LogP contribution in [0.3, 0.4) is 0 Å². The predicted molar refractivity (Wildman–Crippen MR) is 75.5 cm³/mol. The van der Waals surface area contributed by atoms with Crippen LogP contribution in [0.2, 0.25) is 0 Å². The average molecular weight is 246 g/mol. The molecule has 1 aliphatic heterocycles. The zero-order valence-electron chi connectivity index (χ0n) is 12.1. The van der Waals surface area contributed by atoms with Crippen molar-refractivity contribution in [1.29, 1.82) is 0 Å². The molecule has 1 aromatic rings. The molecule has 0 aliphatic carbocycles. The van der Waals surface area contributed by atoms with Crippen LogP contribution in [0.15, 0.2) is 15.9 Å². The van der Waals surface area contributed by atoms with Crippen molar-refractivity contribution in [2.24, 2.45) is 10.4 Å². The van der Waals surface area contributed by atoms with Gasteiger partial charge in [0, 0.05) is 16.5 Å². The second-order valence-corrected chi connectivity index (χ2v) is 7.08. The second kappa shape index (κ2) is 3.81. The second-order valence-electron chi connectivity index (χ2n) is 7.08. The Hall–Kier alpha value is -1.38. The van der Waals surface area contributed by atoms with Crippen molar-refractivity contribution in [3.63, 3.8) is 0 Å². The highest BCUT2D eigenvalue weighted by Gasteiger charge is 2.30. The summed E-state index contributed by atoms with van der Waals surface area (Å²) in [5, 5.41) is 0. The number of aliphatic imine (C=N–C) groups is 1. The highest BCUT2D eigenvalue weighted by Crippen LogP contribution is 2.29. The molecule has 18 heavy (non-hydrogen) atoms. The highest BCUT2D eigenvalue weighted by molar-refractivity contribution is 6.06. The molecule has 3 nitrogen and oxygen atoms in total. The number of hydrogen-bond acceptors (Lipinski definition) is 2. The fraction of sp³-hybridized carbons (Fsp3) is 0.600. The van der Waals surface area contributed by atoms with E-state index < -0.39 is 0 Å². The van der Waals surface area contributed by atoms with Gasteiger partial charge >= 0.3 is 0 Å². The minimum absolute atomic E-state index is 0.00333. The van der Waals surface area contributed by atoms with Crippen LogP contribution in [0, 0.1) is 5.41 Å². The van der Waals surface area contributed by atoms with Crippen LogP contribution in [0.1, 0.15) is 58.4 Å². The molecule has 2 rings (SSSR count). The van der Waals surface area contributed by atoms with E-state index in [1.54, 1.807) is 0 Å². The molecule has 0 fully saturated rings. The Morgan fingerprint density at radius 3 is 2.22 bits per heavy atom. The summed E-state index contributed by atoms with van der Waals surface area (Å²) in [6.45, 7) is 13.2. The molecule has 0 spiro atoms. The van der Waals surface area contributed by atoms with E-state index in [0.29, 0.717) is 6.54 Å². The number of nitrogens with one attached hydrogen (secondary N) is 1. The minimum atomic E-state index is -0.0818. The molecule has 0 saturated heterocycles. The van der Waals surface area contributed by atoms with Crippen molar-refractivity contribution < 1.29 is 0 Å². The van der Waals surface area contributed by atoms with Crippen LogP contribution in [-0.4, -0.2) is 10.7 Å². The van der Waals surface area contributed by atoms with Gasteiger partial charge in [-0.25, -0.2) is 0 Å². The van der Waals surface area contributed by atoms with Crippen LogP contribution < -0.4 is 5.56 Å². The number of fused-ring (bicyclic) bond motifs is 1. The fourth-order valence-electron chi connectivity index (χ4n) is 2.26. The molecule has 0 radical (unpaired) electrons. The van der Waals surface area contributed by atoms with E-state index in [2.05, 4.69) is 57.6 Å². The van der Waals surface area contributed by atoms with Crippen LogP contribution in [0.4, 0.5) is 0 Å². The summed E-state index contributed by atoms with van der Waals surface area (Å²) in [5.41, 5.74) is 3.64. The van der Waals surface area contributed by atoms with Gasteiger partial charge in [-0.2, -0.15) is 0 Å². The summed E-state index contributed by atoms with van der Waals surface area (Å²) < 4.78 is 0. The van der Waals surface area contributed by atoms with E-state index >= 15 is 0 Å². The summed E-state index contributed by atoms with van der Waals surface area (Å²) in [6.07, 6.45) is 0. The third-order valence-corrected chi connectivity index (χ3v) is 3.28. The van der Waals surface area contributed by atoms with Crippen LogP contribution in [0.25, 0.3) is 0 Å². The van der Waals surface area contributed by atoms with Crippen molar-refractivity contribution in [3.8, 4) is 0 Å². The van der Waals surface area contributed by atoms with E-state index in [-0.39, 0.29) is 16.4 Å². The molecule has 0 amide bonds. The van der Waals surface area contributed by atoms with Gasteiger partial charge in [0.1, 0.15) is 0 Å². The Balaban J connectivity index is 2.59. The maximum absolute atomic E-state index is 12.3. The van der Waals surface area contributed by atoms with Gasteiger partial charge in [0.25, 0.3) is 5.56 Å². The zero-order chi connectivity index (χ0) is 13.7.